The van der Waals surface area contributed by atoms with Gasteiger partial charge in [0.15, 0.2) is 19.9 Å². The van der Waals surface area contributed by atoms with Crippen molar-refractivity contribution in [3.63, 3.8) is 0 Å². The van der Waals surface area contributed by atoms with Crippen LogP contribution < -0.4 is 4.74 Å². The van der Waals surface area contributed by atoms with Crippen LogP contribution in [-0.4, -0.2) is 141 Å². The van der Waals surface area contributed by atoms with Gasteiger partial charge >= 0.3 is 12.1 Å². The molecule has 3 aliphatic heterocycles. The summed E-state index contributed by atoms with van der Waals surface area (Å²) in [5, 5.41) is 23.2. The Balaban J connectivity index is 1.47. The number of hydrogen-bond donors (Lipinski definition) is 1. The number of aliphatic hydroxyl groups is 1. The number of benzene rings is 1. The first-order valence-electron chi connectivity index (χ1n) is 28.8. The van der Waals surface area contributed by atoms with Crippen LogP contribution in [0.4, 0.5) is 10.5 Å². The third-order valence-corrected chi connectivity index (χ3v) is 17.4. The van der Waals surface area contributed by atoms with Crippen molar-refractivity contribution in [1.29, 1.82) is 0 Å². The summed E-state index contributed by atoms with van der Waals surface area (Å²) in [6.07, 6.45) is 9.96. The van der Waals surface area contributed by atoms with Crippen LogP contribution in [-0.2, 0) is 56.8 Å². The minimum absolute atomic E-state index is 0.0240. The standard InChI is InChI=1S/C61H90N2O17Si/c1-37-19-15-14-16-20-38(2)51(73-8)35-47-26-22-43(7)61(70,79-47)57(66)58(67)62-30-18-17-21-48(62)59(68)77-52(36-49(64)39(3)32-42(6)55(80-81(11,12)13)56(75-10)54(65)41(5)31-37)40(4)33-44-23-29-50(53(34-44)74-9)78-60(69)76-46-27-24-45(25-28-46)63(71)72/h14-16,19-20,24-25,27-28,32,37,40-44,47-48,50-53,55-56,70H,17-18,21-23,26,29-31,33-36H2,1-13H3/t37-,40-,41-,42?,43-,44+,47+,48+,50-,51+,52+,53-,55-,56+,61-/m1/s1. The first kappa shape index (κ1) is 66.6. The number of fused-ring (bicyclic) bond motifs is 3. The molecule has 81 heavy (non-hydrogen) atoms. The summed E-state index contributed by atoms with van der Waals surface area (Å²) >= 11 is 0. The Morgan fingerprint density at radius 2 is 1.58 bits per heavy atom. The highest BCUT2D eigenvalue weighted by Crippen LogP contribution is 2.39. The van der Waals surface area contributed by atoms with E-state index in [9.17, 15) is 44.0 Å². The number of hydrogen-bond acceptors (Lipinski definition) is 17. The van der Waals surface area contributed by atoms with Crippen LogP contribution in [0.5, 0.6) is 5.75 Å². The van der Waals surface area contributed by atoms with Crippen molar-refractivity contribution in [2.75, 3.05) is 27.9 Å². The molecule has 1 unspecified atom stereocenters. The van der Waals surface area contributed by atoms with Crippen molar-refractivity contribution in [2.24, 2.45) is 35.5 Å². The molecule has 15 atom stereocenters. The fourth-order valence-corrected chi connectivity index (χ4v) is 12.9. The lowest BCUT2D eigenvalue weighted by atomic mass is 9.78. The average Bonchev–Trinajstić information content (AvgIpc) is 3.42. The summed E-state index contributed by atoms with van der Waals surface area (Å²) in [5.74, 6) is -7.97. The summed E-state index contributed by atoms with van der Waals surface area (Å²) in [6, 6.07) is 3.82. The number of Topliss-reactive ketones (excluding diaryl/α,β-unsaturated/α-hetero) is 3. The van der Waals surface area contributed by atoms with E-state index in [1.54, 1.807) is 27.0 Å². The normalized spacial score (nSPS) is 32.7. The number of nitro groups is 1. The van der Waals surface area contributed by atoms with Gasteiger partial charge in [-0.25, -0.2) is 9.59 Å². The third kappa shape index (κ3) is 18.6. The number of cyclic esters (lactones) is 1. The van der Waals surface area contributed by atoms with E-state index in [-0.39, 0.29) is 54.2 Å². The molecule has 4 aliphatic rings. The molecule has 20 heteroatoms. The Hall–Kier alpha value is -5.22. The minimum Gasteiger partial charge on any atom is -0.460 e. The van der Waals surface area contributed by atoms with E-state index in [4.69, 9.17) is 37.6 Å². The fourth-order valence-electron chi connectivity index (χ4n) is 11.7. The molecule has 1 aromatic rings. The number of rotatable bonds is 11. The molecule has 19 nitrogen and oxygen atoms in total. The second kappa shape index (κ2) is 30.4. The fraction of sp³-hybridized carbons (Fsp3) is 0.672. The van der Waals surface area contributed by atoms with E-state index in [1.165, 1.54) is 43.4 Å². The predicted molar refractivity (Wildman–Crippen MR) is 305 cm³/mol. The SMILES string of the molecule is CO[C@H]1C[C@@H]2CC[C@@H](C)[C@@](O)(O2)C(=O)C(=O)N2CCCC[C@H]2C(=O)O[C@H]([C@H](C)C[C@@H]2CC[C@@H](OC(=O)Oc3ccc([N+](=O)[O-])cc3)[C@H](OC)C2)CC(=O)C(C)=CC(C)[C@@H](O[Si](C)(C)C)[C@@H](OC)C(=O)[C@H](C)C[C@H](C)C=CC=CC=C1C. The van der Waals surface area contributed by atoms with Gasteiger partial charge in [-0.1, -0.05) is 71.1 Å². The maximum absolute atomic E-state index is 14.7. The molecular weight excluding hydrogens is 1060 g/mol. The molecule has 0 spiro atoms. The Kier molecular flexibility index (Phi) is 25.0. The van der Waals surface area contributed by atoms with Gasteiger partial charge in [0.25, 0.3) is 17.4 Å². The summed E-state index contributed by atoms with van der Waals surface area (Å²) in [7, 11) is 2.24. The number of esters is 1. The lowest BCUT2D eigenvalue weighted by Crippen LogP contribution is -2.61. The highest BCUT2D eigenvalue weighted by Gasteiger charge is 2.53. The summed E-state index contributed by atoms with van der Waals surface area (Å²) in [4.78, 5) is 97.3. The summed E-state index contributed by atoms with van der Waals surface area (Å²) < 4.78 is 48.1. The Morgan fingerprint density at radius 1 is 0.877 bits per heavy atom. The Bertz CT molecular complexity index is 2470. The van der Waals surface area contributed by atoms with Crippen molar-refractivity contribution in [2.45, 2.75) is 200 Å². The number of methoxy groups -OCH3 is 3. The van der Waals surface area contributed by atoms with E-state index >= 15 is 0 Å². The molecule has 3 fully saturated rings. The van der Waals surface area contributed by atoms with E-state index in [0.29, 0.717) is 69.8 Å². The van der Waals surface area contributed by atoms with Gasteiger partial charge in [0.05, 0.1) is 29.3 Å². The number of non-ortho nitro benzene ring substituents is 1. The molecular formula is C61H90N2O17Si. The molecule has 2 bridgehead atoms. The molecule has 0 radical (unpaired) electrons. The van der Waals surface area contributed by atoms with Crippen molar-refractivity contribution in [1.82, 2.24) is 4.90 Å². The number of amides is 1. The zero-order valence-electron chi connectivity index (χ0n) is 49.9. The number of allylic oxidation sites excluding steroid dienone is 6. The number of ether oxygens (including phenoxy) is 7. The second-order valence-electron chi connectivity index (χ2n) is 24.0. The molecule has 3 heterocycles. The van der Waals surface area contributed by atoms with E-state index in [2.05, 4.69) is 0 Å². The van der Waals surface area contributed by atoms with Gasteiger partial charge in [-0.15, -0.1) is 0 Å². The largest absolute Gasteiger partial charge is 0.514 e. The van der Waals surface area contributed by atoms with Gasteiger partial charge in [-0.3, -0.25) is 29.3 Å². The molecule has 450 valence electrons. The van der Waals surface area contributed by atoms with E-state index < -0.39 is 115 Å². The van der Waals surface area contributed by atoms with Crippen molar-refractivity contribution < 1.29 is 76.4 Å². The molecule has 1 aromatic carbocycles. The van der Waals surface area contributed by atoms with Gasteiger partial charge in [-0.05, 0) is 139 Å². The van der Waals surface area contributed by atoms with Crippen molar-refractivity contribution in [3.05, 3.63) is 82.0 Å². The number of carbonyl (C=O) groups excluding carboxylic acids is 6. The van der Waals surface area contributed by atoms with Gasteiger partial charge in [0, 0.05) is 70.6 Å². The maximum Gasteiger partial charge on any atom is 0.514 e. The molecule has 1 N–H and O–H groups in total. The van der Waals surface area contributed by atoms with E-state index in [0.717, 1.165) is 5.57 Å². The topological polar surface area (TPSA) is 243 Å². The van der Waals surface area contributed by atoms with Gasteiger partial charge in [0.1, 0.15) is 30.1 Å². The smallest absolute Gasteiger partial charge is 0.460 e. The Labute approximate surface area is 479 Å². The highest BCUT2D eigenvalue weighted by molar-refractivity contribution is 6.69. The van der Waals surface area contributed by atoms with Crippen LogP contribution >= 0.6 is 0 Å². The van der Waals surface area contributed by atoms with E-state index in [1.807, 2.05) is 84.6 Å². The van der Waals surface area contributed by atoms with Gasteiger partial charge in [0.2, 0.25) is 5.79 Å². The van der Waals surface area contributed by atoms with Crippen LogP contribution in [0.2, 0.25) is 19.6 Å². The zero-order valence-corrected chi connectivity index (χ0v) is 50.9. The number of ketones is 3. The molecule has 1 saturated carbocycles. The number of piperidine rings is 1. The monoisotopic (exact) mass is 1150 g/mol. The number of nitro benzene ring substituents is 1. The molecule has 5 rings (SSSR count). The van der Waals surface area contributed by atoms with Crippen molar-refractivity contribution >= 4 is 49.4 Å². The molecule has 2 saturated heterocycles. The average molecular weight is 1150 g/mol. The lowest BCUT2D eigenvalue weighted by molar-refractivity contribution is -0.384. The molecule has 1 aliphatic carbocycles. The molecule has 0 aromatic heterocycles. The van der Waals surface area contributed by atoms with Gasteiger partial charge in [-0.2, -0.15) is 0 Å². The maximum atomic E-state index is 14.7. The third-order valence-electron chi connectivity index (χ3n) is 16.4. The first-order valence-corrected chi connectivity index (χ1v) is 32.2. The lowest BCUT2D eigenvalue weighted by Gasteiger charge is -2.42. The van der Waals surface area contributed by atoms with Crippen LogP contribution in [0.1, 0.15) is 126 Å². The Morgan fingerprint density at radius 3 is 2.22 bits per heavy atom. The minimum atomic E-state index is -2.47. The quantitative estimate of drug-likeness (QED) is 0.0541. The van der Waals surface area contributed by atoms with Gasteiger partial charge < -0.3 is 47.6 Å². The molecule has 1 amide bonds. The summed E-state index contributed by atoms with van der Waals surface area (Å²) in [6.45, 7) is 19.1. The predicted octanol–water partition coefficient (Wildman–Crippen LogP) is 10.2. The second-order valence-corrected chi connectivity index (χ2v) is 28.5. The zero-order chi connectivity index (χ0) is 59.9. The van der Waals surface area contributed by atoms with Crippen LogP contribution in [0.25, 0.3) is 0 Å². The number of nitrogens with zero attached hydrogens (tertiary/aromatic N) is 2. The highest BCUT2D eigenvalue weighted by atomic mass is 28.4. The van der Waals surface area contributed by atoms with Crippen LogP contribution in [0.15, 0.2) is 71.9 Å². The number of carbonyl (C=O) groups is 6. The summed E-state index contributed by atoms with van der Waals surface area (Å²) in [5.41, 5.74) is 1.07. The van der Waals surface area contributed by atoms with Crippen molar-refractivity contribution in [3.8, 4) is 5.75 Å². The van der Waals surface area contributed by atoms with Crippen LogP contribution in [0, 0.1) is 45.6 Å². The first-order chi connectivity index (χ1) is 38.2. The van der Waals surface area contributed by atoms with Crippen LogP contribution in [0.3, 0.4) is 0 Å².